The van der Waals surface area contributed by atoms with Crippen LogP contribution in [0.25, 0.3) is 22.4 Å². The average Bonchev–Trinajstić information content (AvgIpc) is 2.69. The van der Waals surface area contributed by atoms with E-state index in [9.17, 15) is 13.9 Å². The molecule has 2 aromatic carbocycles. The molecule has 1 aromatic heterocycles. The molecule has 0 aliphatic heterocycles. The number of hydrogen-bond donors (Lipinski definition) is 1. The Labute approximate surface area is 107 Å². The third kappa shape index (κ3) is 1.83. The van der Waals surface area contributed by atoms with E-state index in [0.717, 1.165) is 0 Å². The number of imidazole rings is 1. The van der Waals surface area contributed by atoms with Gasteiger partial charge < -0.3 is 9.67 Å². The molecular weight excluding hydrogens is 250 g/mol. The van der Waals surface area contributed by atoms with Crippen molar-refractivity contribution in [2.75, 3.05) is 0 Å². The molecule has 5 heteroatoms. The predicted molar refractivity (Wildman–Crippen MR) is 67.7 cm³/mol. The summed E-state index contributed by atoms with van der Waals surface area (Å²) < 4.78 is 28.1. The highest BCUT2D eigenvalue weighted by atomic mass is 19.1. The molecule has 3 rings (SSSR count). The Bertz CT molecular complexity index is 780. The SMILES string of the molecule is Cn1c(-c2cc(F)ccc2O)nc2cc(F)ccc21. The number of nitrogens with zero attached hydrogens (tertiary/aromatic N) is 2. The van der Waals surface area contributed by atoms with Gasteiger partial charge in [-0.25, -0.2) is 13.8 Å². The summed E-state index contributed by atoms with van der Waals surface area (Å²) in [4.78, 5) is 4.24. The highest BCUT2D eigenvalue weighted by Crippen LogP contribution is 2.31. The van der Waals surface area contributed by atoms with Crippen LogP contribution in [0.2, 0.25) is 0 Å². The van der Waals surface area contributed by atoms with E-state index in [2.05, 4.69) is 4.98 Å². The van der Waals surface area contributed by atoms with Gasteiger partial charge in [-0.15, -0.1) is 0 Å². The number of phenolic OH excluding ortho intramolecular Hbond substituents is 1. The molecule has 0 atom stereocenters. The summed E-state index contributed by atoms with van der Waals surface area (Å²) in [7, 11) is 1.73. The number of aromatic hydroxyl groups is 1. The molecule has 1 N–H and O–H groups in total. The Morgan fingerprint density at radius 2 is 1.74 bits per heavy atom. The van der Waals surface area contributed by atoms with Crippen LogP contribution in [0.3, 0.4) is 0 Å². The molecular formula is C14H10F2N2O. The van der Waals surface area contributed by atoms with E-state index in [1.807, 2.05) is 0 Å². The summed E-state index contributed by atoms with van der Waals surface area (Å²) in [6.07, 6.45) is 0. The Kier molecular flexibility index (Phi) is 2.48. The Morgan fingerprint density at radius 1 is 1.05 bits per heavy atom. The van der Waals surface area contributed by atoms with E-state index in [4.69, 9.17) is 0 Å². The fourth-order valence-corrected chi connectivity index (χ4v) is 2.10. The van der Waals surface area contributed by atoms with Gasteiger partial charge in [-0.3, -0.25) is 0 Å². The van der Waals surface area contributed by atoms with E-state index in [0.29, 0.717) is 16.9 Å². The largest absolute Gasteiger partial charge is 0.507 e. The van der Waals surface area contributed by atoms with Crippen molar-refractivity contribution in [2.45, 2.75) is 0 Å². The number of fused-ring (bicyclic) bond motifs is 1. The number of aryl methyl sites for hydroxylation is 1. The second kappa shape index (κ2) is 4.05. The molecule has 0 aliphatic rings. The van der Waals surface area contributed by atoms with Crippen LogP contribution < -0.4 is 0 Å². The minimum absolute atomic E-state index is 0.0692. The fourth-order valence-electron chi connectivity index (χ4n) is 2.10. The molecule has 0 spiro atoms. The molecule has 96 valence electrons. The first-order valence-electron chi connectivity index (χ1n) is 5.67. The van der Waals surface area contributed by atoms with Gasteiger partial charge in [0.25, 0.3) is 0 Å². The molecule has 0 fully saturated rings. The fraction of sp³-hybridized carbons (Fsp3) is 0.0714. The van der Waals surface area contributed by atoms with Gasteiger partial charge in [0.05, 0.1) is 16.6 Å². The van der Waals surface area contributed by atoms with Gasteiger partial charge in [-0.2, -0.15) is 0 Å². The van der Waals surface area contributed by atoms with E-state index >= 15 is 0 Å². The van der Waals surface area contributed by atoms with Crippen molar-refractivity contribution >= 4 is 11.0 Å². The lowest BCUT2D eigenvalue weighted by atomic mass is 10.2. The molecule has 19 heavy (non-hydrogen) atoms. The zero-order valence-electron chi connectivity index (χ0n) is 10.1. The Balaban J connectivity index is 2.30. The van der Waals surface area contributed by atoms with Crippen molar-refractivity contribution in [3.05, 3.63) is 48.0 Å². The van der Waals surface area contributed by atoms with Gasteiger partial charge in [0.1, 0.15) is 23.2 Å². The summed E-state index contributed by atoms with van der Waals surface area (Å²) in [6, 6.07) is 7.87. The van der Waals surface area contributed by atoms with Crippen LogP contribution in [0.15, 0.2) is 36.4 Å². The number of phenols is 1. The van der Waals surface area contributed by atoms with Crippen LogP contribution in [-0.2, 0) is 7.05 Å². The highest BCUT2D eigenvalue weighted by Gasteiger charge is 2.14. The van der Waals surface area contributed by atoms with Crippen LogP contribution in [-0.4, -0.2) is 14.7 Å². The third-order valence-electron chi connectivity index (χ3n) is 3.04. The molecule has 0 aliphatic carbocycles. The van der Waals surface area contributed by atoms with Gasteiger partial charge >= 0.3 is 0 Å². The first-order chi connectivity index (χ1) is 9.06. The number of rotatable bonds is 1. The molecule has 0 saturated carbocycles. The molecule has 0 amide bonds. The van der Waals surface area contributed by atoms with E-state index in [1.54, 1.807) is 17.7 Å². The summed E-state index contributed by atoms with van der Waals surface area (Å²) in [5.41, 5.74) is 1.44. The highest BCUT2D eigenvalue weighted by molar-refractivity contribution is 5.81. The topological polar surface area (TPSA) is 38.0 Å². The first-order valence-corrected chi connectivity index (χ1v) is 5.67. The molecule has 0 radical (unpaired) electrons. The second-order valence-corrected chi connectivity index (χ2v) is 4.29. The molecule has 0 saturated heterocycles. The summed E-state index contributed by atoms with van der Waals surface area (Å²) in [5, 5.41) is 9.80. The molecule has 1 heterocycles. The van der Waals surface area contributed by atoms with Gasteiger partial charge in [0, 0.05) is 13.1 Å². The summed E-state index contributed by atoms with van der Waals surface area (Å²) >= 11 is 0. The van der Waals surface area contributed by atoms with Gasteiger partial charge in [0.15, 0.2) is 0 Å². The maximum Gasteiger partial charge on any atom is 0.144 e. The summed E-state index contributed by atoms with van der Waals surface area (Å²) in [5.74, 6) is -0.537. The van der Waals surface area contributed by atoms with Gasteiger partial charge in [-0.1, -0.05) is 0 Å². The monoisotopic (exact) mass is 260 g/mol. The number of halogens is 2. The van der Waals surface area contributed by atoms with Crippen molar-refractivity contribution in [1.82, 2.24) is 9.55 Å². The lowest BCUT2D eigenvalue weighted by Crippen LogP contribution is -1.93. The van der Waals surface area contributed by atoms with Crippen LogP contribution in [0.5, 0.6) is 5.75 Å². The lowest BCUT2D eigenvalue weighted by Gasteiger charge is -2.05. The van der Waals surface area contributed by atoms with Crippen LogP contribution in [0.4, 0.5) is 8.78 Å². The number of hydrogen-bond acceptors (Lipinski definition) is 2. The Morgan fingerprint density at radius 3 is 2.53 bits per heavy atom. The van der Waals surface area contributed by atoms with Crippen molar-refractivity contribution in [3.8, 4) is 17.1 Å². The predicted octanol–water partition coefficient (Wildman–Crippen LogP) is 3.22. The molecule has 3 aromatic rings. The third-order valence-corrected chi connectivity index (χ3v) is 3.04. The lowest BCUT2D eigenvalue weighted by molar-refractivity contribution is 0.474. The minimum atomic E-state index is -0.467. The van der Waals surface area contributed by atoms with Crippen molar-refractivity contribution in [3.63, 3.8) is 0 Å². The number of aromatic nitrogens is 2. The summed E-state index contributed by atoms with van der Waals surface area (Å²) in [6.45, 7) is 0. The van der Waals surface area contributed by atoms with E-state index in [-0.39, 0.29) is 17.1 Å². The standard InChI is InChI=1S/C14H10F2N2O/c1-18-12-4-2-9(16)7-11(12)17-14(18)10-6-8(15)3-5-13(10)19/h2-7,19H,1H3. The van der Waals surface area contributed by atoms with Crippen molar-refractivity contribution in [2.24, 2.45) is 7.05 Å². The van der Waals surface area contributed by atoms with Crippen LogP contribution in [0, 0.1) is 11.6 Å². The normalized spacial score (nSPS) is 11.1. The molecule has 3 nitrogen and oxygen atoms in total. The Hall–Kier alpha value is -2.43. The number of benzene rings is 2. The molecule has 0 unspecified atom stereocenters. The molecule has 0 bridgehead atoms. The van der Waals surface area contributed by atoms with Gasteiger partial charge in [-0.05, 0) is 30.3 Å². The zero-order valence-corrected chi connectivity index (χ0v) is 10.1. The van der Waals surface area contributed by atoms with Crippen LogP contribution >= 0.6 is 0 Å². The van der Waals surface area contributed by atoms with Crippen molar-refractivity contribution < 1.29 is 13.9 Å². The second-order valence-electron chi connectivity index (χ2n) is 4.29. The minimum Gasteiger partial charge on any atom is -0.507 e. The smallest absolute Gasteiger partial charge is 0.144 e. The van der Waals surface area contributed by atoms with Crippen LogP contribution in [0.1, 0.15) is 0 Å². The average molecular weight is 260 g/mol. The first kappa shape index (κ1) is 11.6. The maximum atomic E-state index is 13.3. The maximum absolute atomic E-state index is 13.3. The van der Waals surface area contributed by atoms with E-state index in [1.165, 1.54) is 30.3 Å². The van der Waals surface area contributed by atoms with E-state index < -0.39 is 5.82 Å². The zero-order chi connectivity index (χ0) is 13.6. The van der Waals surface area contributed by atoms with Gasteiger partial charge in [0.2, 0.25) is 0 Å². The quantitative estimate of drug-likeness (QED) is 0.729. The van der Waals surface area contributed by atoms with Crippen molar-refractivity contribution in [1.29, 1.82) is 0 Å².